The molecule has 1 N–H and O–H groups in total. The zero-order valence-electron chi connectivity index (χ0n) is 20.3. The molecule has 0 radical (unpaired) electrons. The third-order valence-corrected chi connectivity index (χ3v) is 6.34. The van der Waals surface area contributed by atoms with Gasteiger partial charge < -0.3 is 15.1 Å². The van der Waals surface area contributed by atoms with Gasteiger partial charge in [0.1, 0.15) is 17.9 Å². The van der Waals surface area contributed by atoms with Crippen molar-refractivity contribution in [2.24, 2.45) is 0 Å². The van der Waals surface area contributed by atoms with Crippen LogP contribution in [0.25, 0.3) is 11.0 Å². The van der Waals surface area contributed by atoms with Crippen molar-refractivity contribution in [2.45, 2.75) is 25.5 Å². The number of fused-ring (bicyclic) bond motifs is 1. The van der Waals surface area contributed by atoms with Gasteiger partial charge >= 0.3 is 0 Å². The number of halogens is 1. The molecule has 0 bridgehead atoms. The quantitative estimate of drug-likeness (QED) is 0.338. The van der Waals surface area contributed by atoms with Crippen LogP contribution in [0, 0.1) is 5.82 Å². The summed E-state index contributed by atoms with van der Waals surface area (Å²) in [5, 5.41) is 5.13. The third kappa shape index (κ3) is 5.55. The number of nitrogens with one attached hydrogen (secondary N) is 1. The number of likely N-dealkylation sites (tertiary alicyclic amines) is 1. The number of benzene rings is 2. The molecule has 4 aromatic rings. The molecule has 1 aliphatic rings. The lowest BCUT2D eigenvalue weighted by atomic mass is 10.1. The number of imidazole rings is 1. The van der Waals surface area contributed by atoms with E-state index in [9.17, 15) is 4.39 Å². The maximum Gasteiger partial charge on any atom is 0.265 e. The van der Waals surface area contributed by atoms with E-state index in [0.717, 1.165) is 55.6 Å². The molecular formula is C26H30FN7O2. The van der Waals surface area contributed by atoms with Gasteiger partial charge in [-0.2, -0.15) is 0 Å². The van der Waals surface area contributed by atoms with Crippen LogP contribution < -0.4 is 15.2 Å². The van der Waals surface area contributed by atoms with Crippen molar-refractivity contribution < 1.29 is 14.1 Å². The summed E-state index contributed by atoms with van der Waals surface area (Å²) in [5.74, 6) is 0.980. The van der Waals surface area contributed by atoms with E-state index < -0.39 is 0 Å². The third-order valence-electron chi connectivity index (χ3n) is 6.34. The summed E-state index contributed by atoms with van der Waals surface area (Å²) in [6, 6.07) is 16.1. The number of piperidine rings is 1. The second-order valence-electron chi connectivity index (χ2n) is 8.68. The van der Waals surface area contributed by atoms with Crippen molar-refractivity contribution in [1.29, 1.82) is 0 Å². The summed E-state index contributed by atoms with van der Waals surface area (Å²) in [7, 11) is 1.67. The first kappa shape index (κ1) is 24.0. The van der Waals surface area contributed by atoms with Crippen molar-refractivity contribution in [2.75, 3.05) is 43.7 Å². The number of hydroxylamine groups is 1. The minimum Gasteiger partial charge on any atom is -0.405 e. The molecule has 1 saturated heterocycles. The fourth-order valence-electron chi connectivity index (χ4n) is 4.46. The molecule has 2 aromatic heterocycles. The first-order valence-electron chi connectivity index (χ1n) is 12.1. The van der Waals surface area contributed by atoms with Gasteiger partial charge in [0, 0.05) is 38.6 Å². The van der Waals surface area contributed by atoms with Gasteiger partial charge in [-0.05, 0) is 48.7 Å². The number of nitrogens with zero attached hydrogens (tertiary/aromatic N) is 6. The molecular weight excluding hydrogens is 461 g/mol. The van der Waals surface area contributed by atoms with Gasteiger partial charge in [0.2, 0.25) is 5.95 Å². The molecule has 0 saturated carbocycles. The summed E-state index contributed by atoms with van der Waals surface area (Å²) >= 11 is 0. The Labute approximate surface area is 209 Å². The smallest absolute Gasteiger partial charge is 0.265 e. The van der Waals surface area contributed by atoms with Crippen LogP contribution in [0.15, 0.2) is 67.0 Å². The summed E-state index contributed by atoms with van der Waals surface area (Å²) in [6.45, 7) is 3.87. The Hall–Kier alpha value is -3.76. The van der Waals surface area contributed by atoms with Crippen LogP contribution in [0.2, 0.25) is 0 Å². The second kappa shape index (κ2) is 11.3. The molecule has 5 rings (SSSR count). The number of aromatic nitrogens is 4. The largest absolute Gasteiger partial charge is 0.405 e. The Kier molecular flexibility index (Phi) is 7.53. The minimum absolute atomic E-state index is 0.154. The molecule has 3 heterocycles. The van der Waals surface area contributed by atoms with E-state index in [4.69, 9.17) is 14.7 Å². The number of para-hydroxylation sites is 2. The Bertz CT molecular complexity index is 1240. The van der Waals surface area contributed by atoms with E-state index >= 15 is 0 Å². The lowest BCUT2D eigenvalue weighted by Gasteiger charge is -2.37. The molecule has 2 aromatic carbocycles. The van der Waals surface area contributed by atoms with Crippen LogP contribution in [0.4, 0.5) is 16.3 Å². The zero-order chi connectivity index (χ0) is 24.7. The standard InChI is InChI=1S/C26H30FN7O2/c1-35-33(22-11-16-32(17-12-22)18-15-30-25-28-13-4-14-29-25)26-31-23-5-2-3-6-24(23)34(26)36-19-20-7-9-21(27)10-8-20/h2-10,13-14,22H,11-12,15-19H2,1H3,(H,28,29,30). The van der Waals surface area contributed by atoms with Gasteiger partial charge in [-0.15, -0.1) is 4.73 Å². The van der Waals surface area contributed by atoms with E-state index in [2.05, 4.69) is 20.2 Å². The van der Waals surface area contributed by atoms with Crippen molar-refractivity contribution >= 4 is 22.9 Å². The molecule has 0 atom stereocenters. The first-order chi connectivity index (χ1) is 17.7. The average molecular weight is 492 g/mol. The topological polar surface area (TPSA) is 80.6 Å². The predicted octanol–water partition coefficient (Wildman–Crippen LogP) is 3.54. The molecule has 9 nitrogen and oxygen atoms in total. The molecule has 1 aliphatic heterocycles. The van der Waals surface area contributed by atoms with Crippen LogP contribution in [0.1, 0.15) is 18.4 Å². The molecule has 0 amide bonds. The Morgan fingerprint density at radius 3 is 2.53 bits per heavy atom. The van der Waals surface area contributed by atoms with Gasteiger partial charge in [-0.1, -0.05) is 24.3 Å². The van der Waals surface area contributed by atoms with Crippen LogP contribution in [0.5, 0.6) is 0 Å². The van der Waals surface area contributed by atoms with Crippen LogP contribution >= 0.6 is 0 Å². The Balaban J connectivity index is 1.25. The van der Waals surface area contributed by atoms with E-state index in [0.29, 0.717) is 11.9 Å². The van der Waals surface area contributed by atoms with Crippen LogP contribution in [0.3, 0.4) is 0 Å². The van der Waals surface area contributed by atoms with Crippen molar-refractivity contribution in [3.8, 4) is 0 Å². The molecule has 1 fully saturated rings. The van der Waals surface area contributed by atoms with E-state index in [1.54, 1.807) is 42.4 Å². The van der Waals surface area contributed by atoms with E-state index in [1.165, 1.54) is 12.1 Å². The second-order valence-corrected chi connectivity index (χ2v) is 8.68. The van der Waals surface area contributed by atoms with Gasteiger partial charge in [0.05, 0.1) is 18.7 Å². The molecule has 36 heavy (non-hydrogen) atoms. The highest BCUT2D eigenvalue weighted by atomic mass is 19.1. The summed E-state index contributed by atoms with van der Waals surface area (Å²) in [4.78, 5) is 27.7. The summed E-state index contributed by atoms with van der Waals surface area (Å²) in [5.41, 5.74) is 2.54. The zero-order valence-corrected chi connectivity index (χ0v) is 20.3. The van der Waals surface area contributed by atoms with Gasteiger partial charge in [0.25, 0.3) is 5.95 Å². The lowest BCUT2D eigenvalue weighted by Crippen LogP contribution is -2.46. The highest BCUT2D eigenvalue weighted by Gasteiger charge is 2.29. The molecule has 0 aliphatic carbocycles. The number of rotatable bonds is 10. The lowest BCUT2D eigenvalue weighted by molar-refractivity contribution is 0.0674. The Morgan fingerprint density at radius 2 is 1.78 bits per heavy atom. The highest BCUT2D eigenvalue weighted by Crippen LogP contribution is 2.27. The minimum atomic E-state index is -0.270. The SMILES string of the molecule is CON(c1nc2ccccc2n1OCc1ccc(F)cc1)C1CCN(CCNc2ncccn2)CC1. The molecule has 10 heteroatoms. The summed E-state index contributed by atoms with van der Waals surface area (Å²) < 4.78 is 15.0. The fourth-order valence-corrected chi connectivity index (χ4v) is 4.46. The number of anilines is 2. The van der Waals surface area contributed by atoms with E-state index in [1.807, 2.05) is 29.3 Å². The molecule has 0 spiro atoms. The number of hydrogen-bond acceptors (Lipinski definition) is 8. The first-order valence-corrected chi connectivity index (χ1v) is 12.1. The predicted molar refractivity (Wildman–Crippen MR) is 136 cm³/mol. The van der Waals surface area contributed by atoms with E-state index in [-0.39, 0.29) is 18.5 Å². The van der Waals surface area contributed by atoms with Crippen molar-refractivity contribution in [3.05, 3.63) is 78.4 Å². The fraction of sp³-hybridized carbons (Fsp3) is 0.346. The Morgan fingerprint density at radius 1 is 1.03 bits per heavy atom. The highest BCUT2D eigenvalue weighted by molar-refractivity contribution is 5.78. The maximum atomic E-state index is 13.3. The van der Waals surface area contributed by atoms with Crippen LogP contribution in [-0.4, -0.2) is 63.9 Å². The summed E-state index contributed by atoms with van der Waals surface area (Å²) in [6.07, 6.45) is 5.32. The van der Waals surface area contributed by atoms with Crippen molar-refractivity contribution in [1.82, 2.24) is 24.6 Å². The van der Waals surface area contributed by atoms with Gasteiger partial charge in [0.15, 0.2) is 0 Å². The number of hydrogen-bond donors (Lipinski definition) is 1. The maximum absolute atomic E-state index is 13.3. The average Bonchev–Trinajstić information content (AvgIpc) is 3.28. The monoisotopic (exact) mass is 491 g/mol. The normalized spacial score (nSPS) is 14.7. The van der Waals surface area contributed by atoms with Crippen LogP contribution in [-0.2, 0) is 11.4 Å². The molecule has 188 valence electrons. The van der Waals surface area contributed by atoms with Gasteiger partial charge in [-0.3, -0.25) is 4.84 Å². The van der Waals surface area contributed by atoms with Gasteiger partial charge in [-0.25, -0.2) is 24.4 Å². The van der Waals surface area contributed by atoms with Crippen molar-refractivity contribution in [3.63, 3.8) is 0 Å². The molecule has 0 unspecified atom stereocenters.